The fraction of sp³-hybridized carbons (Fsp3) is 0.448. The molecule has 2 fully saturated rings. The monoisotopic (exact) mass is 597 g/mol. The number of aromatic nitrogens is 4. The van der Waals surface area contributed by atoms with Gasteiger partial charge in [-0.25, -0.2) is 19.0 Å². The number of carbonyl (C=O) groups is 2. The Hall–Kier alpha value is -4.00. The number of allylic oxidation sites excluding steroid dienone is 1. The van der Waals surface area contributed by atoms with E-state index in [2.05, 4.69) is 25.4 Å². The summed E-state index contributed by atoms with van der Waals surface area (Å²) in [6.07, 6.45) is 14.6. The van der Waals surface area contributed by atoms with Crippen molar-refractivity contribution in [2.45, 2.75) is 77.0 Å². The highest BCUT2D eigenvalue weighted by Gasteiger charge is 2.23. The van der Waals surface area contributed by atoms with Gasteiger partial charge in [0, 0.05) is 23.4 Å². The molecule has 10 nitrogen and oxygen atoms in total. The summed E-state index contributed by atoms with van der Waals surface area (Å²) in [5.41, 5.74) is 6.26. The number of amides is 1. The minimum absolute atomic E-state index is 0.00437. The quantitative estimate of drug-likeness (QED) is 0.196. The lowest BCUT2D eigenvalue weighted by Gasteiger charge is -2.19. The molecule has 3 aromatic rings. The maximum absolute atomic E-state index is 14.5. The van der Waals surface area contributed by atoms with Gasteiger partial charge in [-0.15, -0.1) is 11.3 Å². The molecule has 0 unspecified atom stereocenters. The number of rotatable bonds is 9. The van der Waals surface area contributed by atoms with E-state index in [-0.39, 0.29) is 41.7 Å². The van der Waals surface area contributed by atoms with Gasteiger partial charge in [-0.1, -0.05) is 38.5 Å². The molecule has 0 radical (unpaired) electrons. The van der Waals surface area contributed by atoms with Crippen LogP contribution in [0.3, 0.4) is 0 Å². The fourth-order valence-electron chi connectivity index (χ4n) is 5.14. The van der Waals surface area contributed by atoms with Crippen LogP contribution in [0.1, 0.15) is 80.4 Å². The number of ether oxygens (including phenoxy) is 1. The predicted molar refractivity (Wildman–Crippen MR) is 154 cm³/mol. The number of hydrogen-bond acceptors (Lipinski definition) is 9. The topological polar surface area (TPSA) is 137 Å². The van der Waals surface area contributed by atoms with Gasteiger partial charge in [-0.2, -0.15) is 9.49 Å². The van der Waals surface area contributed by atoms with Gasteiger partial charge in [0.25, 0.3) is 5.91 Å². The molecule has 2 aliphatic rings. The van der Waals surface area contributed by atoms with Crippen LogP contribution in [0.2, 0.25) is 0 Å². The van der Waals surface area contributed by atoms with E-state index in [0.29, 0.717) is 10.6 Å². The van der Waals surface area contributed by atoms with Gasteiger partial charge in [0.1, 0.15) is 16.4 Å². The van der Waals surface area contributed by atoms with Crippen molar-refractivity contribution in [3.63, 3.8) is 0 Å². The van der Waals surface area contributed by atoms with E-state index in [1.165, 1.54) is 22.2 Å². The van der Waals surface area contributed by atoms with Crippen molar-refractivity contribution in [2.75, 3.05) is 0 Å². The third-order valence-corrected chi connectivity index (χ3v) is 8.38. The Labute approximate surface area is 246 Å². The highest BCUT2D eigenvalue weighted by molar-refractivity contribution is 7.13. The number of nitrogens with one attached hydrogen (secondary N) is 1. The van der Waals surface area contributed by atoms with Crippen molar-refractivity contribution >= 4 is 35.1 Å². The largest absolute Gasteiger partial charge is 0.442 e. The molecule has 2 saturated carbocycles. The molecule has 0 atom stereocenters. The van der Waals surface area contributed by atoms with Gasteiger partial charge in [-0.3, -0.25) is 14.6 Å². The van der Waals surface area contributed by atoms with Crippen LogP contribution in [-0.4, -0.2) is 43.9 Å². The number of nitrogens with zero attached hydrogens (tertiary/aromatic N) is 5. The highest BCUT2D eigenvalue weighted by atomic mass is 32.1. The van der Waals surface area contributed by atoms with Gasteiger partial charge in [0.05, 0.1) is 29.6 Å². The Balaban J connectivity index is 1.28. The molecule has 2 aliphatic carbocycles. The number of aliphatic imine (C=N–C) groups is 1. The minimum Gasteiger partial charge on any atom is -0.442 e. The second-order valence-electron chi connectivity index (χ2n) is 10.5. The SMILES string of the molecule is N/C(=C(\C=NC1CCCCC1)NC(=O)c1csc(-c2cnn(COC(=O)C3CCCCC3)c2)n1)c1nc(F)ccc1F. The molecule has 13 heteroatoms. The van der Waals surface area contributed by atoms with E-state index in [1.54, 1.807) is 17.8 Å². The molecule has 3 heterocycles. The van der Waals surface area contributed by atoms with Crippen LogP contribution in [0, 0.1) is 17.7 Å². The first-order chi connectivity index (χ1) is 20.4. The number of hydrogen-bond donors (Lipinski definition) is 2. The van der Waals surface area contributed by atoms with E-state index in [4.69, 9.17) is 10.5 Å². The van der Waals surface area contributed by atoms with Crippen molar-refractivity contribution in [3.8, 4) is 10.6 Å². The predicted octanol–water partition coefficient (Wildman–Crippen LogP) is 5.22. The van der Waals surface area contributed by atoms with Gasteiger partial charge in [0.15, 0.2) is 12.5 Å². The molecule has 0 aliphatic heterocycles. The highest BCUT2D eigenvalue weighted by Crippen LogP contribution is 2.26. The average Bonchev–Trinajstić information content (AvgIpc) is 3.70. The Morgan fingerprint density at radius 1 is 1.10 bits per heavy atom. The fourth-order valence-corrected chi connectivity index (χ4v) is 5.92. The number of halogens is 2. The second kappa shape index (κ2) is 13.8. The van der Waals surface area contributed by atoms with Crippen LogP contribution in [-0.2, 0) is 16.3 Å². The minimum atomic E-state index is -0.905. The van der Waals surface area contributed by atoms with E-state index >= 15 is 0 Å². The Bertz CT molecular complexity index is 1470. The second-order valence-corrected chi connectivity index (χ2v) is 11.4. The van der Waals surface area contributed by atoms with E-state index in [9.17, 15) is 18.4 Å². The number of esters is 1. The molecule has 3 N–H and O–H groups in total. The standard InChI is InChI=1S/C29H33F2N7O3S/c30-21-11-12-24(31)37-26(21)25(32)22(14-33-20-9-5-2-6-10-20)35-27(39)23-16-42-28(36-23)19-13-34-38(15-19)17-41-29(40)18-7-3-1-4-8-18/h11-16,18,20H,1-10,17,32H2,(H,35,39)/b25-22+,33-14?. The zero-order valence-corrected chi connectivity index (χ0v) is 23.9. The summed E-state index contributed by atoms with van der Waals surface area (Å²) < 4.78 is 35.2. The number of thiazole rings is 1. The van der Waals surface area contributed by atoms with Crippen LogP contribution in [0.15, 0.2) is 40.6 Å². The molecule has 0 spiro atoms. The molecular formula is C29H33F2N7O3S. The van der Waals surface area contributed by atoms with E-state index in [1.807, 2.05) is 0 Å². The van der Waals surface area contributed by atoms with Gasteiger partial charge in [0.2, 0.25) is 5.95 Å². The zero-order valence-electron chi connectivity index (χ0n) is 23.1. The molecule has 3 aromatic heterocycles. The third kappa shape index (κ3) is 7.44. The summed E-state index contributed by atoms with van der Waals surface area (Å²) in [5.74, 6) is -2.59. The molecule has 0 aromatic carbocycles. The first-order valence-electron chi connectivity index (χ1n) is 14.2. The summed E-state index contributed by atoms with van der Waals surface area (Å²) in [4.78, 5) is 38.1. The third-order valence-electron chi connectivity index (χ3n) is 7.49. The van der Waals surface area contributed by atoms with Gasteiger partial charge in [-0.05, 0) is 37.8 Å². The molecule has 42 heavy (non-hydrogen) atoms. The first kappa shape index (κ1) is 29.5. The molecule has 5 rings (SSSR count). The van der Waals surface area contributed by atoms with E-state index in [0.717, 1.165) is 76.3 Å². The first-order valence-corrected chi connectivity index (χ1v) is 15.1. The maximum atomic E-state index is 14.5. The molecule has 1 amide bonds. The van der Waals surface area contributed by atoms with Crippen LogP contribution in [0.4, 0.5) is 8.78 Å². The zero-order chi connectivity index (χ0) is 29.5. The number of carbonyl (C=O) groups excluding carboxylic acids is 2. The summed E-state index contributed by atoms with van der Waals surface area (Å²) in [5, 5.41) is 8.99. The molecular weight excluding hydrogens is 564 g/mol. The lowest BCUT2D eigenvalue weighted by molar-refractivity contribution is -0.154. The van der Waals surface area contributed by atoms with Crippen LogP contribution in [0.5, 0.6) is 0 Å². The Kier molecular flexibility index (Phi) is 9.67. The Morgan fingerprint density at radius 2 is 1.83 bits per heavy atom. The van der Waals surface area contributed by atoms with Crippen molar-refractivity contribution in [2.24, 2.45) is 16.6 Å². The van der Waals surface area contributed by atoms with Crippen molar-refractivity contribution in [3.05, 3.63) is 58.8 Å². The molecule has 0 saturated heterocycles. The normalized spacial score (nSPS) is 17.3. The summed E-state index contributed by atoms with van der Waals surface area (Å²) in [6, 6.07) is 1.86. The van der Waals surface area contributed by atoms with Crippen LogP contribution < -0.4 is 11.1 Å². The van der Waals surface area contributed by atoms with Crippen LogP contribution in [0.25, 0.3) is 16.3 Å². The molecule has 222 valence electrons. The Morgan fingerprint density at radius 3 is 2.60 bits per heavy atom. The van der Waals surface area contributed by atoms with Crippen molar-refractivity contribution in [1.29, 1.82) is 0 Å². The summed E-state index contributed by atoms with van der Waals surface area (Å²) in [7, 11) is 0. The van der Waals surface area contributed by atoms with Crippen LogP contribution >= 0.6 is 11.3 Å². The lowest BCUT2D eigenvalue weighted by Crippen LogP contribution is -2.27. The molecule has 0 bridgehead atoms. The lowest BCUT2D eigenvalue weighted by atomic mass is 9.89. The van der Waals surface area contributed by atoms with Crippen molar-refractivity contribution < 1.29 is 23.1 Å². The van der Waals surface area contributed by atoms with Gasteiger partial charge >= 0.3 is 5.97 Å². The average molecular weight is 598 g/mol. The smallest absolute Gasteiger partial charge is 0.310 e. The summed E-state index contributed by atoms with van der Waals surface area (Å²) in [6.45, 7) is -0.00745. The number of pyridine rings is 1. The summed E-state index contributed by atoms with van der Waals surface area (Å²) >= 11 is 1.23. The number of nitrogens with two attached hydrogens (primary N) is 1. The maximum Gasteiger partial charge on any atom is 0.310 e. The van der Waals surface area contributed by atoms with Crippen molar-refractivity contribution in [1.82, 2.24) is 25.1 Å². The van der Waals surface area contributed by atoms with Gasteiger partial charge < -0.3 is 15.8 Å². The van der Waals surface area contributed by atoms with E-state index < -0.39 is 23.4 Å².